The summed E-state index contributed by atoms with van der Waals surface area (Å²) in [6.45, 7) is 3.66. The fourth-order valence-corrected chi connectivity index (χ4v) is 1.91. The van der Waals surface area contributed by atoms with E-state index < -0.39 is 5.97 Å². The molecule has 0 unspecified atom stereocenters. The molecule has 0 aliphatic heterocycles. The Morgan fingerprint density at radius 1 is 1.47 bits per heavy atom. The number of aromatic carboxylic acids is 1. The molecule has 0 amide bonds. The number of oxazole rings is 1. The Bertz CT molecular complexity index is 619. The number of benzene rings is 1. The number of hydrogen-bond donors (Lipinski definition) is 1. The third kappa shape index (κ3) is 2.65. The zero-order valence-corrected chi connectivity index (χ0v) is 10.7. The van der Waals surface area contributed by atoms with Gasteiger partial charge in [-0.05, 0) is 37.1 Å². The van der Waals surface area contributed by atoms with Crippen LogP contribution in [0.4, 0.5) is 4.39 Å². The number of nitrogens with zero attached hydrogens (tertiary/aromatic N) is 1. The highest BCUT2D eigenvalue weighted by Crippen LogP contribution is 2.26. The van der Waals surface area contributed by atoms with Gasteiger partial charge in [0.15, 0.2) is 0 Å². The Morgan fingerprint density at radius 3 is 2.79 bits per heavy atom. The lowest BCUT2D eigenvalue weighted by atomic mass is 10.1. The average Bonchev–Trinajstić information content (AvgIpc) is 2.73. The minimum absolute atomic E-state index is 0.138. The number of halogens is 1. The largest absolute Gasteiger partial charge is 0.475 e. The molecule has 0 fully saturated rings. The van der Waals surface area contributed by atoms with E-state index in [1.165, 1.54) is 18.2 Å². The second kappa shape index (κ2) is 5.22. The van der Waals surface area contributed by atoms with Crippen LogP contribution in [-0.2, 0) is 6.42 Å². The highest BCUT2D eigenvalue weighted by atomic mass is 19.1. The molecule has 0 spiro atoms. The molecule has 0 aliphatic carbocycles. The van der Waals surface area contributed by atoms with Crippen LogP contribution in [0.3, 0.4) is 0 Å². The van der Waals surface area contributed by atoms with Crippen molar-refractivity contribution >= 4 is 5.97 Å². The van der Waals surface area contributed by atoms with Gasteiger partial charge in [0, 0.05) is 5.56 Å². The van der Waals surface area contributed by atoms with Crippen LogP contribution in [0.25, 0.3) is 11.5 Å². The first-order valence-electron chi connectivity index (χ1n) is 6.02. The van der Waals surface area contributed by atoms with Crippen molar-refractivity contribution in [3.63, 3.8) is 0 Å². The molecule has 1 N–H and O–H groups in total. The zero-order valence-electron chi connectivity index (χ0n) is 10.7. The van der Waals surface area contributed by atoms with Gasteiger partial charge in [-0.15, -0.1) is 0 Å². The van der Waals surface area contributed by atoms with Crippen LogP contribution in [0.5, 0.6) is 0 Å². The van der Waals surface area contributed by atoms with E-state index >= 15 is 0 Å². The molecule has 19 heavy (non-hydrogen) atoms. The van der Waals surface area contributed by atoms with E-state index in [0.717, 1.165) is 6.42 Å². The van der Waals surface area contributed by atoms with Gasteiger partial charge in [-0.3, -0.25) is 0 Å². The summed E-state index contributed by atoms with van der Waals surface area (Å²) in [5.74, 6) is -1.40. The molecule has 5 heteroatoms. The SMILES string of the molecule is CCCc1nc(-c2ccc(F)cc2C)oc1C(=O)O. The van der Waals surface area contributed by atoms with Crippen LogP contribution in [-0.4, -0.2) is 16.1 Å². The number of carbonyl (C=O) groups is 1. The molecule has 4 nitrogen and oxygen atoms in total. The predicted molar refractivity (Wildman–Crippen MR) is 67.6 cm³/mol. The molecule has 1 aromatic heterocycles. The number of hydrogen-bond acceptors (Lipinski definition) is 3. The summed E-state index contributed by atoms with van der Waals surface area (Å²) in [5.41, 5.74) is 1.68. The fourth-order valence-electron chi connectivity index (χ4n) is 1.91. The van der Waals surface area contributed by atoms with Gasteiger partial charge in [-0.1, -0.05) is 13.3 Å². The van der Waals surface area contributed by atoms with E-state index in [9.17, 15) is 9.18 Å². The maximum atomic E-state index is 13.1. The van der Waals surface area contributed by atoms with Crippen molar-refractivity contribution in [2.45, 2.75) is 26.7 Å². The van der Waals surface area contributed by atoms with Crippen molar-refractivity contribution in [3.05, 3.63) is 41.0 Å². The van der Waals surface area contributed by atoms with Crippen LogP contribution in [0.1, 0.15) is 35.2 Å². The van der Waals surface area contributed by atoms with E-state index in [-0.39, 0.29) is 17.5 Å². The minimum atomic E-state index is -1.14. The molecule has 0 radical (unpaired) electrons. The highest BCUT2D eigenvalue weighted by molar-refractivity contribution is 5.86. The van der Waals surface area contributed by atoms with Crippen molar-refractivity contribution in [1.82, 2.24) is 4.98 Å². The predicted octanol–water partition coefficient (Wildman–Crippen LogP) is 3.44. The summed E-state index contributed by atoms with van der Waals surface area (Å²) >= 11 is 0. The lowest BCUT2D eigenvalue weighted by molar-refractivity contribution is 0.0661. The van der Waals surface area contributed by atoms with Gasteiger partial charge in [0.2, 0.25) is 11.7 Å². The first-order chi connectivity index (χ1) is 9.02. The number of aryl methyl sites for hydroxylation is 2. The smallest absolute Gasteiger partial charge is 0.373 e. The standard InChI is InChI=1S/C14H14FNO3/c1-3-4-11-12(14(17)18)19-13(16-11)10-6-5-9(15)7-8(10)2/h5-7H,3-4H2,1-2H3,(H,17,18). The monoisotopic (exact) mass is 263 g/mol. The van der Waals surface area contributed by atoms with Crippen molar-refractivity contribution in [1.29, 1.82) is 0 Å². The lowest BCUT2D eigenvalue weighted by Crippen LogP contribution is -1.99. The summed E-state index contributed by atoms with van der Waals surface area (Å²) in [6.07, 6.45) is 1.31. The van der Waals surface area contributed by atoms with Gasteiger partial charge in [0.25, 0.3) is 0 Å². The summed E-state index contributed by atoms with van der Waals surface area (Å²) < 4.78 is 18.4. The van der Waals surface area contributed by atoms with E-state index in [1.807, 2.05) is 6.92 Å². The summed E-state index contributed by atoms with van der Waals surface area (Å²) in [5, 5.41) is 9.07. The van der Waals surface area contributed by atoms with Crippen LogP contribution in [0.15, 0.2) is 22.6 Å². The summed E-state index contributed by atoms with van der Waals surface area (Å²) in [7, 11) is 0. The Morgan fingerprint density at radius 2 is 2.21 bits per heavy atom. The normalized spacial score (nSPS) is 10.7. The number of rotatable bonds is 4. The van der Waals surface area contributed by atoms with Gasteiger partial charge in [0.05, 0.1) is 5.69 Å². The molecule has 0 saturated carbocycles. The zero-order chi connectivity index (χ0) is 14.0. The molecule has 100 valence electrons. The van der Waals surface area contributed by atoms with Crippen LogP contribution >= 0.6 is 0 Å². The first-order valence-corrected chi connectivity index (χ1v) is 6.02. The van der Waals surface area contributed by atoms with Crippen molar-refractivity contribution in [3.8, 4) is 11.5 Å². The lowest BCUT2D eigenvalue weighted by Gasteiger charge is -2.00. The van der Waals surface area contributed by atoms with Crippen molar-refractivity contribution < 1.29 is 18.7 Å². The highest BCUT2D eigenvalue weighted by Gasteiger charge is 2.20. The molecule has 1 heterocycles. The van der Waals surface area contributed by atoms with Gasteiger partial charge in [-0.2, -0.15) is 0 Å². The summed E-state index contributed by atoms with van der Waals surface area (Å²) in [6, 6.07) is 4.20. The number of aromatic nitrogens is 1. The first kappa shape index (κ1) is 13.3. The third-order valence-electron chi connectivity index (χ3n) is 2.80. The Kier molecular flexibility index (Phi) is 3.64. The number of carboxylic acids is 1. The third-order valence-corrected chi connectivity index (χ3v) is 2.80. The Hall–Kier alpha value is -2.17. The average molecular weight is 263 g/mol. The Labute approximate surface area is 109 Å². The van der Waals surface area contributed by atoms with Gasteiger partial charge >= 0.3 is 5.97 Å². The molecule has 0 atom stereocenters. The van der Waals surface area contributed by atoms with E-state index in [1.54, 1.807) is 6.92 Å². The van der Waals surface area contributed by atoms with Gasteiger partial charge < -0.3 is 9.52 Å². The number of carboxylic acid groups (broad SMARTS) is 1. The minimum Gasteiger partial charge on any atom is -0.475 e. The fraction of sp³-hybridized carbons (Fsp3) is 0.286. The second-order valence-corrected chi connectivity index (χ2v) is 4.31. The van der Waals surface area contributed by atoms with E-state index in [2.05, 4.69) is 4.98 Å². The molecular weight excluding hydrogens is 249 g/mol. The molecule has 0 bridgehead atoms. The van der Waals surface area contributed by atoms with E-state index in [4.69, 9.17) is 9.52 Å². The quantitative estimate of drug-likeness (QED) is 0.917. The molecule has 0 aliphatic rings. The Balaban J connectivity index is 2.50. The van der Waals surface area contributed by atoms with Crippen LogP contribution < -0.4 is 0 Å². The van der Waals surface area contributed by atoms with Gasteiger partial charge in [-0.25, -0.2) is 14.2 Å². The van der Waals surface area contributed by atoms with Crippen molar-refractivity contribution in [2.75, 3.05) is 0 Å². The van der Waals surface area contributed by atoms with Gasteiger partial charge in [0.1, 0.15) is 5.82 Å². The summed E-state index contributed by atoms with van der Waals surface area (Å²) in [4.78, 5) is 15.3. The molecule has 2 aromatic rings. The maximum absolute atomic E-state index is 13.1. The van der Waals surface area contributed by atoms with Crippen LogP contribution in [0.2, 0.25) is 0 Å². The topological polar surface area (TPSA) is 63.3 Å². The maximum Gasteiger partial charge on any atom is 0.373 e. The molecule has 0 saturated heterocycles. The molecule has 1 aromatic carbocycles. The van der Waals surface area contributed by atoms with Crippen LogP contribution in [0, 0.1) is 12.7 Å². The van der Waals surface area contributed by atoms with E-state index in [0.29, 0.717) is 23.2 Å². The molecular formula is C14H14FNO3. The molecule has 2 rings (SSSR count). The second-order valence-electron chi connectivity index (χ2n) is 4.31. The van der Waals surface area contributed by atoms with Crippen molar-refractivity contribution in [2.24, 2.45) is 0 Å².